The van der Waals surface area contributed by atoms with Crippen LogP contribution in [0.15, 0.2) is 11.6 Å². The van der Waals surface area contributed by atoms with Crippen LogP contribution >= 0.6 is 0 Å². The molecule has 2 aliphatic heterocycles. The molecule has 1 spiro atoms. The first-order chi connectivity index (χ1) is 16.5. The quantitative estimate of drug-likeness (QED) is 0.385. The van der Waals surface area contributed by atoms with Gasteiger partial charge in [-0.1, -0.05) is 39.3 Å². The van der Waals surface area contributed by atoms with Crippen molar-refractivity contribution in [3.8, 4) is 0 Å². The SMILES string of the molecule is CC(=O)OC1CC(C)CNC12OC1CC3C4CC=C5CC(O)CCC5(C)C4CC(O)C3(C)C1C2C. The van der Waals surface area contributed by atoms with Crippen molar-refractivity contribution in [2.45, 2.75) is 110 Å². The number of hydrogen-bond acceptors (Lipinski definition) is 6. The van der Waals surface area contributed by atoms with Gasteiger partial charge in [0.05, 0.1) is 18.3 Å². The summed E-state index contributed by atoms with van der Waals surface area (Å²) in [6.07, 6.45) is 7.99. The molecule has 6 rings (SSSR count). The van der Waals surface area contributed by atoms with Crippen LogP contribution in [0.25, 0.3) is 0 Å². The van der Waals surface area contributed by atoms with Gasteiger partial charge in [-0.2, -0.15) is 0 Å². The molecule has 35 heavy (non-hydrogen) atoms. The average molecular weight is 488 g/mol. The Bertz CT molecular complexity index is 921. The van der Waals surface area contributed by atoms with Gasteiger partial charge in [0.25, 0.3) is 0 Å². The van der Waals surface area contributed by atoms with Crippen molar-refractivity contribution < 1.29 is 24.5 Å². The van der Waals surface area contributed by atoms with Crippen molar-refractivity contribution in [2.75, 3.05) is 6.54 Å². The molecule has 0 radical (unpaired) electrons. The van der Waals surface area contributed by atoms with E-state index in [2.05, 4.69) is 39.1 Å². The fourth-order valence-electron chi connectivity index (χ4n) is 10.2. The van der Waals surface area contributed by atoms with E-state index in [1.54, 1.807) is 0 Å². The third kappa shape index (κ3) is 3.25. The van der Waals surface area contributed by atoms with E-state index in [0.29, 0.717) is 23.7 Å². The fraction of sp³-hybridized carbons (Fsp3) is 0.897. The van der Waals surface area contributed by atoms with Crippen LogP contribution in [0, 0.1) is 46.3 Å². The van der Waals surface area contributed by atoms with Gasteiger partial charge in [-0.3, -0.25) is 10.1 Å². The summed E-state index contributed by atoms with van der Waals surface area (Å²) in [5.41, 5.74) is 0.649. The lowest BCUT2D eigenvalue weighted by Crippen LogP contribution is -2.65. The Morgan fingerprint density at radius 1 is 1.17 bits per heavy atom. The van der Waals surface area contributed by atoms with Gasteiger partial charge in [0, 0.05) is 30.7 Å². The van der Waals surface area contributed by atoms with Gasteiger partial charge < -0.3 is 19.7 Å². The number of ether oxygens (including phenoxy) is 2. The minimum atomic E-state index is -0.664. The van der Waals surface area contributed by atoms with E-state index in [0.717, 1.165) is 51.5 Å². The number of nitrogens with one attached hydrogen (secondary N) is 1. The van der Waals surface area contributed by atoms with Gasteiger partial charge in [0.15, 0.2) is 5.72 Å². The molecule has 0 amide bonds. The number of piperidine rings is 1. The standard InChI is InChI=1S/C29H45NO5/c1-15-10-25(34-17(3)31)29(30-14-15)16(2)26-23(35-29)12-22-20-7-6-18-11-19(32)8-9-27(18,4)21(20)13-24(33)28(22,26)5/h6,15-16,19-26,30,32-33H,7-14H2,1-5H3. The summed E-state index contributed by atoms with van der Waals surface area (Å²) in [6.45, 7) is 11.5. The largest absolute Gasteiger partial charge is 0.458 e. The molecule has 6 nitrogen and oxygen atoms in total. The van der Waals surface area contributed by atoms with Crippen LogP contribution in [0.3, 0.4) is 0 Å². The Labute approximate surface area is 210 Å². The Hall–Kier alpha value is -0.950. The smallest absolute Gasteiger partial charge is 0.303 e. The van der Waals surface area contributed by atoms with E-state index in [-0.39, 0.29) is 53.1 Å². The lowest BCUT2D eigenvalue weighted by Gasteiger charge is -2.60. The second-order valence-electron chi connectivity index (χ2n) is 13.6. The molecule has 0 aromatic carbocycles. The van der Waals surface area contributed by atoms with Crippen LogP contribution in [-0.4, -0.2) is 52.9 Å². The first kappa shape index (κ1) is 24.4. The minimum absolute atomic E-state index is 0.0683. The fourth-order valence-corrected chi connectivity index (χ4v) is 10.2. The lowest BCUT2D eigenvalue weighted by molar-refractivity contribution is -0.202. The summed E-state index contributed by atoms with van der Waals surface area (Å²) < 4.78 is 12.9. The molecule has 196 valence electrons. The highest BCUT2D eigenvalue weighted by Gasteiger charge is 2.72. The molecule has 6 heteroatoms. The predicted molar refractivity (Wildman–Crippen MR) is 132 cm³/mol. The van der Waals surface area contributed by atoms with Gasteiger partial charge in [-0.25, -0.2) is 0 Å². The topological polar surface area (TPSA) is 88.0 Å². The van der Waals surface area contributed by atoms with Crippen molar-refractivity contribution in [1.82, 2.24) is 5.32 Å². The molecule has 6 aliphatic rings. The van der Waals surface area contributed by atoms with Crippen molar-refractivity contribution >= 4 is 5.97 Å². The van der Waals surface area contributed by atoms with Crippen molar-refractivity contribution in [3.05, 3.63) is 11.6 Å². The maximum absolute atomic E-state index is 12.0. The predicted octanol–water partition coefficient (Wildman–Crippen LogP) is 3.80. The number of hydrogen-bond donors (Lipinski definition) is 3. The molecule has 3 saturated carbocycles. The van der Waals surface area contributed by atoms with Gasteiger partial charge in [-0.05, 0) is 74.0 Å². The van der Waals surface area contributed by atoms with Crippen LogP contribution in [0.4, 0.5) is 0 Å². The Morgan fingerprint density at radius 2 is 1.94 bits per heavy atom. The summed E-state index contributed by atoms with van der Waals surface area (Å²) in [5, 5.41) is 25.9. The number of rotatable bonds is 1. The number of aliphatic hydroxyl groups is 2. The Morgan fingerprint density at radius 3 is 2.69 bits per heavy atom. The van der Waals surface area contributed by atoms with Crippen LogP contribution in [0.1, 0.15) is 79.6 Å². The number of fused-ring (bicyclic) bond motifs is 7. The van der Waals surface area contributed by atoms with Crippen LogP contribution in [0.5, 0.6) is 0 Å². The maximum Gasteiger partial charge on any atom is 0.303 e. The Balaban J connectivity index is 1.32. The van der Waals surface area contributed by atoms with Crippen LogP contribution < -0.4 is 5.32 Å². The summed E-state index contributed by atoms with van der Waals surface area (Å²) in [5.74, 6) is 1.97. The summed E-state index contributed by atoms with van der Waals surface area (Å²) >= 11 is 0. The van der Waals surface area contributed by atoms with E-state index >= 15 is 0 Å². The number of allylic oxidation sites excluding steroid dienone is 1. The van der Waals surface area contributed by atoms with E-state index in [1.807, 2.05) is 0 Å². The first-order valence-corrected chi connectivity index (χ1v) is 14.2. The lowest BCUT2D eigenvalue weighted by atomic mass is 9.46. The summed E-state index contributed by atoms with van der Waals surface area (Å²) in [4.78, 5) is 12.0. The number of carbonyl (C=O) groups is 1. The van der Waals surface area contributed by atoms with Crippen molar-refractivity contribution in [1.29, 1.82) is 0 Å². The second-order valence-corrected chi connectivity index (χ2v) is 13.6. The normalized spacial score (nSPS) is 57.1. The molecule has 0 bridgehead atoms. The van der Waals surface area contributed by atoms with E-state index in [4.69, 9.17) is 9.47 Å². The second kappa shape index (κ2) is 8.02. The van der Waals surface area contributed by atoms with Crippen LogP contribution in [-0.2, 0) is 14.3 Å². The van der Waals surface area contributed by atoms with Crippen LogP contribution in [0.2, 0.25) is 0 Å². The molecule has 3 N–H and O–H groups in total. The van der Waals surface area contributed by atoms with Gasteiger partial charge in [0.1, 0.15) is 6.10 Å². The molecular weight excluding hydrogens is 442 g/mol. The molecule has 0 aromatic rings. The van der Waals surface area contributed by atoms with E-state index in [9.17, 15) is 15.0 Å². The number of carbonyl (C=O) groups excluding carboxylic acids is 1. The van der Waals surface area contributed by atoms with Gasteiger partial charge in [-0.15, -0.1) is 0 Å². The summed E-state index contributed by atoms with van der Waals surface area (Å²) in [6, 6.07) is 0. The molecule has 4 aliphatic carbocycles. The number of esters is 1. The molecule has 0 aromatic heterocycles. The molecule has 13 unspecified atom stereocenters. The van der Waals surface area contributed by atoms with Gasteiger partial charge >= 0.3 is 5.97 Å². The minimum Gasteiger partial charge on any atom is -0.458 e. The summed E-state index contributed by atoms with van der Waals surface area (Å²) in [7, 11) is 0. The monoisotopic (exact) mass is 487 g/mol. The zero-order valence-electron chi connectivity index (χ0n) is 22.1. The molecule has 13 atom stereocenters. The number of aliphatic hydroxyl groups excluding tert-OH is 2. The highest BCUT2D eigenvalue weighted by Crippen LogP contribution is 2.70. The third-order valence-corrected chi connectivity index (χ3v) is 12.0. The molecular formula is C29H45NO5. The highest BCUT2D eigenvalue weighted by atomic mass is 16.6. The maximum atomic E-state index is 12.0. The highest BCUT2D eigenvalue weighted by molar-refractivity contribution is 5.66. The van der Waals surface area contributed by atoms with Crippen molar-refractivity contribution in [2.24, 2.45) is 46.3 Å². The Kier molecular flexibility index (Phi) is 5.59. The average Bonchev–Trinajstić information content (AvgIpc) is 3.24. The van der Waals surface area contributed by atoms with Gasteiger partial charge in [0.2, 0.25) is 0 Å². The van der Waals surface area contributed by atoms with E-state index < -0.39 is 5.72 Å². The molecule has 5 fully saturated rings. The zero-order valence-corrected chi connectivity index (χ0v) is 22.1. The molecule has 2 heterocycles. The third-order valence-electron chi connectivity index (χ3n) is 12.0. The van der Waals surface area contributed by atoms with Crippen molar-refractivity contribution in [3.63, 3.8) is 0 Å². The first-order valence-electron chi connectivity index (χ1n) is 14.2. The van der Waals surface area contributed by atoms with E-state index in [1.165, 1.54) is 12.5 Å². The zero-order chi connectivity index (χ0) is 24.9. The molecule has 2 saturated heterocycles.